The number of para-hydroxylation sites is 2. The summed E-state index contributed by atoms with van der Waals surface area (Å²) in [5.74, 6) is -0.746. The fourth-order valence-electron chi connectivity index (χ4n) is 5.70. The van der Waals surface area contributed by atoms with Crippen molar-refractivity contribution in [3.63, 3.8) is 0 Å². The Bertz CT molecular complexity index is 1550. The number of aryl methyl sites for hydroxylation is 3. The van der Waals surface area contributed by atoms with Crippen LogP contribution < -0.4 is 10.6 Å². The molecule has 276 valence electrons. The summed E-state index contributed by atoms with van der Waals surface area (Å²) >= 11 is 1.72. The summed E-state index contributed by atoms with van der Waals surface area (Å²) in [5, 5.41) is 6.78. The Morgan fingerprint density at radius 3 is 2.08 bits per heavy atom. The molecule has 4 aromatic rings. The van der Waals surface area contributed by atoms with Crippen molar-refractivity contribution < 1.29 is 19.1 Å². The number of carbonyl (C=O) groups excluding carboxylic acids is 3. The lowest BCUT2D eigenvalue weighted by atomic mass is 9.86. The van der Waals surface area contributed by atoms with Gasteiger partial charge in [0.1, 0.15) is 0 Å². The van der Waals surface area contributed by atoms with E-state index in [0.717, 1.165) is 67.0 Å². The van der Waals surface area contributed by atoms with E-state index in [-0.39, 0.29) is 24.3 Å². The number of ether oxygens (including phenoxy) is 1. The van der Waals surface area contributed by atoms with Crippen LogP contribution in [0.3, 0.4) is 0 Å². The molecule has 1 heterocycles. The van der Waals surface area contributed by atoms with Crippen LogP contribution in [0.4, 0.5) is 5.69 Å². The van der Waals surface area contributed by atoms with Gasteiger partial charge in [-0.1, -0.05) is 108 Å². The predicted octanol–water partition coefficient (Wildman–Crippen LogP) is 9.98. The number of hydrogen-bond acceptors (Lipinski definition) is 6. The monoisotopic (exact) mass is 713 g/mol. The third kappa shape index (κ3) is 16.2. The molecule has 0 saturated heterocycles. The molecule has 0 aliphatic heterocycles. The molecule has 3 aromatic carbocycles. The topological polar surface area (TPSA) is 97.4 Å². The summed E-state index contributed by atoms with van der Waals surface area (Å²) in [6.07, 6.45) is 8.76. The minimum absolute atomic E-state index is 0.135. The maximum atomic E-state index is 13.6. The van der Waals surface area contributed by atoms with Crippen LogP contribution >= 0.6 is 11.3 Å². The van der Waals surface area contributed by atoms with Crippen LogP contribution in [-0.4, -0.2) is 35.9 Å². The van der Waals surface area contributed by atoms with Crippen molar-refractivity contribution in [2.24, 2.45) is 17.8 Å². The molecule has 2 atom stereocenters. The van der Waals surface area contributed by atoms with Crippen molar-refractivity contribution >= 4 is 45.0 Å². The molecule has 0 fully saturated rings. The first-order chi connectivity index (χ1) is 24.7. The quantitative estimate of drug-likeness (QED) is 0.0702. The van der Waals surface area contributed by atoms with Crippen LogP contribution in [0.5, 0.6) is 0 Å². The van der Waals surface area contributed by atoms with Gasteiger partial charge in [0.05, 0.1) is 34.3 Å². The number of aromatic nitrogens is 1. The maximum Gasteiger partial charge on any atom is 0.308 e. The van der Waals surface area contributed by atoms with Gasteiger partial charge >= 0.3 is 5.97 Å². The van der Waals surface area contributed by atoms with Gasteiger partial charge in [-0.05, 0) is 92.7 Å². The van der Waals surface area contributed by atoms with Gasteiger partial charge in [-0.2, -0.15) is 0 Å². The minimum atomic E-state index is -0.442. The normalized spacial score (nSPS) is 12.1. The number of hydrogen-bond donors (Lipinski definition) is 2. The lowest BCUT2D eigenvalue weighted by Crippen LogP contribution is -2.38. The van der Waals surface area contributed by atoms with Crippen LogP contribution in [-0.2, 0) is 38.4 Å². The number of nitrogens with zero attached hydrogens (tertiary/aromatic N) is 1. The average Bonchev–Trinajstić information content (AvgIpc) is 3.54. The van der Waals surface area contributed by atoms with Crippen molar-refractivity contribution in [3.8, 4) is 0 Å². The molecule has 4 rings (SSSR count). The smallest absolute Gasteiger partial charge is 0.308 e. The Kier molecular flexibility index (Phi) is 19.0. The molecule has 0 bridgehead atoms. The standard InChI is InChI=1S/C39H49N3O4S.C4H10/c1-3-5-26-46-39(45)32(14-9-12-19-37-42-34-17-10-11-18-35(34)47-37)27-31(25-24-30-22-20-29(13-4-2)21-23-30)38(44)40-28-36(43)41-33-15-7-6-8-16-33;1-4(2)3/h6-8,10-11,15-18,20-23,31-32H,3-5,9,12-14,19,24-28H2,1-2H3,(H,40,44)(H,41,43);4H,1-3H3/t31-,32?;/m1./s1. The van der Waals surface area contributed by atoms with Crippen molar-refractivity contribution in [1.29, 1.82) is 0 Å². The molecule has 0 spiro atoms. The Hall–Kier alpha value is -4.04. The second kappa shape index (κ2) is 23.4. The number of benzene rings is 3. The van der Waals surface area contributed by atoms with Crippen LogP contribution in [0, 0.1) is 17.8 Å². The molecule has 8 heteroatoms. The number of esters is 1. The highest BCUT2D eigenvalue weighted by Crippen LogP contribution is 2.27. The zero-order valence-electron chi connectivity index (χ0n) is 31.4. The van der Waals surface area contributed by atoms with E-state index < -0.39 is 11.8 Å². The lowest BCUT2D eigenvalue weighted by Gasteiger charge is -2.23. The van der Waals surface area contributed by atoms with Crippen molar-refractivity contribution in [3.05, 3.63) is 95.0 Å². The van der Waals surface area contributed by atoms with Crippen molar-refractivity contribution in [2.75, 3.05) is 18.5 Å². The number of nitrogens with one attached hydrogen (secondary N) is 2. The maximum absolute atomic E-state index is 13.6. The second-order valence-corrected chi connectivity index (χ2v) is 15.1. The first-order valence-corrected chi connectivity index (χ1v) is 19.7. The number of anilines is 1. The minimum Gasteiger partial charge on any atom is -0.465 e. The Labute approximate surface area is 310 Å². The summed E-state index contributed by atoms with van der Waals surface area (Å²) < 4.78 is 6.89. The largest absolute Gasteiger partial charge is 0.465 e. The molecular weight excluding hydrogens is 655 g/mol. The fraction of sp³-hybridized carbons (Fsp3) is 0.488. The van der Waals surface area contributed by atoms with Crippen LogP contribution in [0.2, 0.25) is 0 Å². The second-order valence-electron chi connectivity index (χ2n) is 13.9. The first-order valence-electron chi connectivity index (χ1n) is 18.9. The number of unbranched alkanes of at least 4 members (excludes halogenated alkanes) is 2. The molecule has 7 nitrogen and oxygen atoms in total. The highest BCUT2D eigenvalue weighted by atomic mass is 32.1. The third-order valence-corrected chi connectivity index (χ3v) is 9.47. The molecule has 2 N–H and O–H groups in total. The van der Waals surface area contributed by atoms with Crippen molar-refractivity contribution in [2.45, 2.75) is 105 Å². The van der Waals surface area contributed by atoms with E-state index in [4.69, 9.17) is 9.72 Å². The van der Waals surface area contributed by atoms with Gasteiger partial charge in [-0.3, -0.25) is 14.4 Å². The molecule has 2 amide bonds. The number of carbonyl (C=O) groups is 3. The Morgan fingerprint density at radius 2 is 1.41 bits per heavy atom. The molecule has 1 aromatic heterocycles. The van der Waals surface area contributed by atoms with E-state index >= 15 is 0 Å². The summed E-state index contributed by atoms with van der Waals surface area (Å²) in [6, 6.07) is 25.9. The predicted molar refractivity (Wildman–Crippen MR) is 212 cm³/mol. The number of amides is 2. The van der Waals surface area contributed by atoms with E-state index in [0.29, 0.717) is 38.0 Å². The lowest BCUT2D eigenvalue weighted by molar-refractivity contribution is -0.150. The van der Waals surface area contributed by atoms with Gasteiger partial charge in [0.25, 0.3) is 0 Å². The number of rotatable bonds is 20. The van der Waals surface area contributed by atoms with Gasteiger partial charge in [-0.25, -0.2) is 4.98 Å². The highest BCUT2D eigenvalue weighted by molar-refractivity contribution is 7.18. The number of fused-ring (bicyclic) bond motifs is 1. The molecule has 51 heavy (non-hydrogen) atoms. The van der Waals surface area contributed by atoms with Gasteiger partial charge in [0, 0.05) is 11.6 Å². The summed E-state index contributed by atoms with van der Waals surface area (Å²) in [6.45, 7) is 11.0. The summed E-state index contributed by atoms with van der Waals surface area (Å²) in [4.78, 5) is 44.4. The third-order valence-electron chi connectivity index (χ3n) is 8.37. The van der Waals surface area contributed by atoms with Crippen molar-refractivity contribution in [1.82, 2.24) is 10.3 Å². The molecule has 0 radical (unpaired) electrons. The van der Waals surface area contributed by atoms with E-state index in [9.17, 15) is 14.4 Å². The van der Waals surface area contributed by atoms with Crippen LogP contribution in [0.15, 0.2) is 78.9 Å². The fourth-order valence-corrected chi connectivity index (χ4v) is 6.71. The molecule has 0 aliphatic carbocycles. The summed E-state index contributed by atoms with van der Waals surface area (Å²) in [5.41, 5.74) is 4.16. The average molecular weight is 714 g/mol. The highest BCUT2D eigenvalue weighted by Gasteiger charge is 2.28. The SMILES string of the molecule is CC(C)C.CCCCOC(=O)C(CCCCc1nc2ccccc2s1)C[C@@H](CCc1ccc(CCC)cc1)C(=O)NCC(=O)Nc1ccccc1. The molecular formula is C43H59N3O4S. The van der Waals surface area contributed by atoms with E-state index in [1.54, 1.807) is 23.5 Å². The molecule has 0 aliphatic rings. The van der Waals surface area contributed by atoms with Gasteiger partial charge < -0.3 is 15.4 Å². The van der Waals surface area contributed by atoms with E-state index in [2.05, 4.69) is 75.6 Å². The van der Waals surface area contributed by atoms with E-state index in [1.165, 1.54) is 10.3 Å². The first kappa shape index (κ1) is 41.4. The summed E-state index contributed by atoms with van der Waals surface area (Å²) in [7, 11) is 0. The van der Waals surface area contributed by atoms with Crippen LogP contribution in [0.1, 0.15) is 102 Å². The molecule has 1 unspecified atom stereocenters. The van der Waals surface area contributed by atoms with Gasteiger partial charge in [0.15, 0.2) is 0 Å². The van der Waals surface area contributed by atoms with Gasteiger partial charge in [0.2, 0.25) is 11.8 Å². The van der Waals surface area contributed by atoms with Crippen LogP contribution in [0.25, 0.3) is 10.2 Å². The zero-order valence-corrected chi connectivity index (χ0v) is 32.2. The zero-order chi connectivity index (χ0) is 36.8. The number of thiazole rings is 1. The van der Waals surface area contributed by atoms with E-state index in [1.807, 2.05) is 36.4 Å². The van der Waals surface area contributed by atoms with Gasteiger partial charge in [-0.15, -0.1) is 11.3 Å². The Balaban J connectivity index is 0.00000166. The Morgan fingerprint density at radius 1 is 0.745 bits per heavy atom. The molecule has 0 saturated carbocycles.